The largest absolute Gasteiger partial charge is 0.352 e. The topological polar surface area (TPSA) is 86.8 Å². The summed E-state index contributed by atoms with van der Waals surface area (Å²) < 4.78 is 30.4. The zero-order valence-corrected chi connectivity index (χ0v) is 30.5. The van der Waals surface area contributed by atoms with Gasteiger partial charge in [0.15, 0.2) is 0 Å². The van der Waals surface area contributed by atoms with Crippen LogP contribution in [0.4, 0.5) is 5.69 Å². The molecule has 1 aliphatic carbocycles. The molecular weight excluding hydrogens is 733 g/mol. The van der Waals surface area contributed by atoms with Crippen LogP contribution >= 0.6 is 39.1 Å². The van der Waals surface area contributed by atoms with Gasteiger partial charge in [-0.15, -0.1) is 0 Å². The number of benzene rings is 4. The van der Waals surface area contributed by atoms with Gasteiger partial charge < -0.3 is 10.2 Å². The summed E-state index contributed by atoms with van der Waals surface area (Å²) in [6, 6.07) is 27.1. The van der Waals surface area contributed by atoms with Crippen LogP contribution in [0.3, 0.4) is 0 Å². The minimum atomic E-state index is -4.31. The number of nitrogens with one attached hydrogen (secondary N) is 1. The van der Waals surface area contributed by atoms with E-state index in [4.69, 9.17) is 23.2 Å². The molecule has 0 saturated heterocycles. The molecule has 1 N–H and O–H groups in total. The number of hydrogen-bond acceptors (Lipinski definition) is 4. The van der Waals surface area contributed by atoms with Gasteiger partial charge in [-0.1, -0.05) is 125 Å². The molecule has 4 aromatic rings. The molecule has 0 bridgehead atoms. The van der Waals surface area contributed by atoms with Gasteiger partial charge in [-0.25, -0.2) is 8.42 Å². The maximum absolute atomic E-state index is 14.7. The van der Waals surface area contributed by atoms with Gasteiger partial charge in [-0.2, -0.15) is 0 Å². The quantitative estimate of drug-likeness (QED) is 0.157. The molecule has 7 nitrogen and oxygen atoms in total. The number of amides is 2. The second-order valence-electron chi connectivity index (χ2n) is 12.1. The van der Waals surface area contributed by atoms with Crippen molar-refractivity contribution in [2.75, 3.05) is 10.8 Å². The molecule has 1 fully saturated rings. The highest BCUT2D eigenvalue weighted by Gasteiger charge is 2.36. The van der Waals surface area contributed by atoms with E-state index < -0.39 is 28.5 Å². The molecular formula is C37H38BrCl2N3O4S. The summed E-state index contributed by atoms with van der Waals surface area (Å²) in [5.41, 5.74) is 2.60. The maximum Gasteiger partial charge on any atom is 0.264 e. The van der Waals surface area contributed by atoms with Gasteiger partial charge in [0.05, 0.1) is 20.6 Å². The summed E-state index contributed by atoms with van der Waals surface area (Å²) in [6.45, 7) is 1.31. The van der Waals surface area contributed by atoms with Gasteiger partial charge in [-0.05, 0) is 67.3 Å². The third-order valence-corrected chi connectivity index (χ3v) is 11.7. The summed E-state index contributed by atoms with van der Waals surface area (Å²) in [6.07, 6.45) is 5.18. The molecule has 1 saturated carbocycles. The number of nitrogens with zero attached hydrogens (tertiary/aromatic N) is 2. The van der Waals surface area contributed by atoms with Crippen LogP contribution in [-0.4, -0.2) is 43.8 Å². The Labute approximate surface area is 301 Å². The summed E-state index contributed by atoms with van der Waals surface area (Å²) in [4.78, 5) is 30.4. The fourth-order valence-corrected chi connectivity index (χ4v) is 8.06. The van der Waals surface area contributed by atoms with E-state index >= 15 is 0 Å². The normalized spacial score (nSPS) is 14.2. The fraction of sp³-hybridized carbons (Fsp3) is 0.297. The molecule has 1 atom stereocenters. The Morgan fingerprint density at radius 1 is 0.854 bits per heavy atom. The van der Waals surface area contributed by atoms with Crippen LogP contribution in [0, 0.1) is 6.92 Å². The van der Waals surface area contributed by atoms with Crippen molar-refractivity contribution in [1.29, 1.82) is 0 Å². The standard InChI is InChI=1S/C37H38BrCl2N3O4S/c1-26-15-21-31(22-16-26)48(46,47)43(33-14-8-13-32(39)36(33)40)25-35(44)42(24-28-17-19-29(38)20-18-28)34(23-27-9-4-2-5-10-27)37(45)41-30-11-6-3-7-12-30/h2,4-5,8-10,13-22,30,34H,3,6-7,11-12,23-25H2,1H3,(H,41,45). The van der Waals surface area contributed by atoms with Crippen LogP contribution in [-0.2, 0) is 32.6 Å². The number of hydrogen-bond donors (Lipinski definition) is 1. The van der Waals surface area contributed by atoms with Crippen molar-refractivity contribution in [2.45, 2.75) is 69.0 Å². The highest BCUT2D eigenvalue weighted by Crippen LogP contribution is 2.36. The summed E-state index contributed by atoms with van der Waals surface area (Å²) >= 11 is 16.4. The fourth-order valence-electron chi connectivity index (χ4n) is 5.92. The van der Waals surface area contributed by atoms with Crippen LogP contribution in [0.25, 0.3) is 0 Å². The zero-order chi connectivity index (χ0) is 34.3. The van der Waals surface area contributed by atoms with E-state index in [1.165, 1.54) is 23.1 Å². The van der Waals surface area contributed by atoms with E-state index in [2.05, 4.69) is 21.2 Å². The van der Waals surface area contributed by atoms with Crippen molar-refractivity contribution in [3.05, 3.63) is 128 Å². The van der Waals surface area contributed by atoms with Crippen molar-refractivity contribution in [2.24, 2.45) is 0 Å². The van der Waals surface area contributed by atoms with Crippen LogP contribution < -0.4 is 9.62 Å². The van der Waals surface area contributed by atoms with Crippen molar-refractivity contribution in [3.63, 3.8) is 0 Å². The SMILES string of the molecule is Cc1ccc(S(=O)(=O)N(CC(=O)N(Cc2ccc(Br)cc2)C(Cc2ccccc2)C(=O)NC2CCCCC2)c2cccc(Cl)c2Cl)cc1. The Bertz CT molecular complexity index is 1820. The Hall–Kier alpha value is -3.37. The first-order chi connectivity index (χ1) is 23.0. The number of carbonyl (C=O) groups is 2. The van der Waals surface area contributed by atoms with E-state index in [9.17, 15) is 18.0 Å². The molecule has 2 amide bonds. The van der Waals surface area contributed by atoms with Gasteiger partial charge in [0.2, 0.25) is 11.8 Å². The smallest absolute Gasteiger partial charge is 0.264 e. The minimum absolute atomic E-state index is 0.00186. The molecule has 0 aliphatic heterocycles. The number of rotatable bonds is 12. The van der Waals surface area contributed by atoms with Crippen LogP contribution in [0.15, 0.2) is 106 Å². The van der Waals surface area contributed by atoms with Crippen molar-refractivity contribution >= 4 is 66.7 Å². The number of halogens is 3. The van der Waals surface area contributed by atoms with E-state index in [0.717, 1.165) is 57.6 Å². The van der Waals surface area contributed by atoms with Gasteiger partial charge in [0, 0.05) is 23.5 Å². The molecule has 0 heterocycles. The van der Waals surface area contributed by atoms with E-state index in [-0.39, 0.29) is 45.5 Å². The average Bonchev–Trinajstić information content (AvgIpc) is 3.08. The van der Waals surface area contributed by atoms with Gasteiger partial charge in [0.25, 0.3) is 10.0 Å². The Morgan fingerprint density at radius 3 is 2.19 bits per heavy atom. The van der Waals surface area contributed by atoms with Crippen molar-refractivity contribution < 1.29 is 18.0 Å². The molecule has 0 aromatic heterocycles. The van der Waals surface area contributed by atoms with Gasteiger partial charge in [0.1, 0.15) is 12.6 Å². The number of sulfonamides is 1. The lowest BCUT2D eigenvalue weighted by Crippen LogP contribution is -2.55. The average molecular weight is 772 g/mol. The summed E-state index contributed by atoms with van der Waals surface area (Å²) in [7, 11) is -4.31. The van der Waals surface area contributed by atoms with Gasteiger partial charge in [-0.3, -0.25) is 13.9 Å². The Balaban J connectivity index is 1.58. The third kappa shape index (κ3) is 8.99. The zero-order valence-electron chi connectivity index (χ0n) is 26.6. The molecule has 11 heteroatoms. The number of anilines is 1. The molecule has 0 spiro atoms. The predicted molar refractivity (Wildman–Crippen MR) is 196 cm³/mol. The van der Waals surface area contributed by atoms with E-state index in [0.29, 0.717) is 0 Å². The summed E-state index contributed by atoms with van der Waals surface area (Å²) in [5.74, 6) is -0.839. The van der Waals surface area contributed by atoms with Crippen molar-refractivity contribution in [3.8, 4) is 0 Å². The number of carbonyl (C=O) groups excluding carboxylic acids is 2. The lowest BCUT2D eigenvalue weighted by Gasteiger charge is -2.35. The third-order valence-electron chi connectivity index (χ3n) is 8.58. The van der Waals surface area contributed by atoms with Crippen molar-refractivity contribution in [1.82, 2.24) is 10.2 Å². The second kappa shape index (κ2) is 16.4. The molecule has 1 unspecified atom stereocenters. The molecule has 5 rings (SSSR count). The molecule has 48 heavy (non-hydrogen) atoms. The molecule has 4 aromatic carbocycles. The van der Waals surface area contributed by atoms with E-state index in [1.54, 1.807) is 24.3 Å². The first-order valence-electron chi connectivity index (χ1n) is 15.9. The second-order valence-corrected chi connectivity index (χ2v) is 15.7. The molecule has 1 aliphatic rings. The lowest BCUT2D eigenvalue weighted by atomic mass is 9.94. The molecule has 0 radical (unpaired) electrons. The Morgan fingerprint density at radius 2 is 1.52 bits per heavy atom. The van der Waals surface area contributed by atoms with Crippen LogP contribution in [0.2, 0.25) is 10.0 Å². The summed E-state index contributed by atoms with van der Waals surface area (Å²) in [5, 5.41) is 3.36. The highest BCUT2D eigenvalue weighted by molar-refractivity contribution is 9.10. The van der Waals surface area contributed by atoms with Crippen LogP contribution in [0.5, 0.6) is 0 Å². The predicted octanol–water partition coefficient (Wildman–Crippen LogP) is 8.35. The first kappa shape index (κ1) is 35.9. The lowest BCUT2D eigenvalue weighted by molar-refractivity contribution is -0.140. The van der Waals surface area contributed by atoms with Gasteiger partial charge >= 0.3 is 0 Å². The van der Waals surface area contributed by atoms with Crippen LogP contribution in [0.1, 0.15) is 48.8 Å². The van der Waals surface area contributed by atoms with E-state index in [1.807, 2.05) is 61.5 Å². The molecule has 252 valence electrons. The maximum atomic E-state index is 14.7. The monoisotopic (exact) mass is 769 g/mol. The highest BCUT2D eigenvalue weighted by atomic mass is 79.9. The number of aryl methyl sites for hydroxylation is 1. The first-order valence-corrected chi connectivity index (χ1v) is 18.9. The minimum Gasteiger partial charge on any atom is -0.352 e. The Kier molecular flexibility index (Phi) is 12.2.